The van der Waals surface area contributed by atoms with Gasteiger partial charge in [0.15, 0.2) is 5.84 Å². The largest absolute Gasteiger partial charge is 0.497 e. The minimum absolute atomic E-state index is 0.0446. The number of hydrogen-bond acceptors (Lipinski definition) is 6. The van der Waals surface area contributed by atoms with Crippen molar-refractivity contribution in [3.8, 4) is 5.75 Å². The van der Waals surface area contributed by atoms with Gasteiger partial charge in [-0.2, -0.15) is 5.10 Å². The molecule has 0 spiro atoms. The van der Waals surface area contributed by atoms with Crippen LogP contribution in [0.4, 0.5) is 13.6 Å². The summed E-state index contributed by atoms with van der Waals surface area (Å²) in [5.74, 6) is -3.09. The van der Waals surface area contributed by atoms with E-state index in [1.807, 2.05) is 0 Å². The van der Waals surface area contributed by atoms with Crippen molar-refractivity contribution in [2.75, 3.05) is 20.3 Å². The fourth-order valence-electron chi connectivity index (χ4n) is 3.47. The Labute approximate surface area is 148 Å². The predicted octanol–water partition coefficient (Wildman–Crippen LogP) is 1.64. The number of carbonyl (C=O) groups is 1. The average molecular weight is 370 g/mol. The molecule has 1 aromatic carbocycles. The summed E-state index contributed by atoms with van der Waals surface area (Å²) in [7, 11) is 1.31. The smallest absolute Gasteiger partial charge is 0.405 e. The van der Waals surface area contributed by atoms with Crippen molar-refractivity contribution in [1.82, 2.24) is 15.6 Å². The van der Waals surface area contributed by atoms with Crippen LogP contribution in [0, 0.1) is 11.6 Å². The topological polar surface area (TPSA) is 95.4 Å². The van der Waals surface area contributed by atoms with Gasteiger partial charge in [0.2, 0.25) is 5.85 Å². The van der Waals surface area contributed by atoms with Crippen molar-refractivity contribution in [3.05, 3.63) is 29.3 Å². The van der Waals surface area contributed by atoms with Gasteiger partial charge in [-0.3, -0.25) is 5.43 Å². The molecule has 1 fully saturated rings. The van der Waals surface area contributed by atoms with Crippen molar-refractivity contribution in [3.63, 3.8) is 0 Å². The third-order valence-electron chi connectivity index (χ3n) is 4.59. The maximum atomic E-state index is 14.6. The Morgan fingerprint density at radius 2 is 2.15 bits per heavy atom. The number of fused-ring (bicyclic) bond motifs is 1. The number of amidine groups is 1. The molecule has 142 valence electrons. The van der Waals surface area contributed by atoms with Crippen LogP contribution in [0.5, 0.6) is 5.75 Å². The molecule has 1 saturated heterocycles. The molecule has 0 bridgehead atoms. The lowest BCUT2D eigenvalue weighted by Gasteiger charge is -2.33. The summed E-state index contributed by atoms with van der Waals surface area (Å²) in [5.41, 5.74) is 2.59. The molecule has 0 saturated carbocycles. The van der Waals surface area contributed by atoms with Crippen molar-refractivity contribution in [2.24, 2.45) is 5.10 Å². The molecule has 0 aromatic heterocycles. The molecule has 3 rings (SSSR count). The second-order valence-corrected chi connectivity index (χ2v) is 6.15. The Morgan fingerprint density at radius 3 is 2.69 bits per heavy atom. The fourth-order valence-corrected chi connectivity index (χ4v) is 3.47. The Balaban J connectivity index is 2.02. The van der Waals surface area contributed by atoms with E-state index in [2.05, 4.69) is 15.8 Å². The summed E-state index contributed by atoms with van der Waals surface area (Å²) in [6, 6.07) is 1.21. The van der Waals surface area contributed by atoms with Gasteiger partial charge in [-0.25, -0.2) is 13.6 Å². The molecule has 0 aliphatic carbocycles. The number of rotatable bonds is 5. The molecule has 3 N–H and O–H groups in total. The Hall–Kier alpha value is -2.62. The molecule has 0 radical (unpaired) electrons. The van der Waals surface area contributed by atoms with Crippen LogP contribution >= 0.6 is 0 Å². The van der Waals surface area contributed by atoms with Crippen LogP contribution in [0.3, 0.4) is 0 Å². The van der Waals surface area contributed by atoms with Crippen LogP contribution in [0.25, 0.3) is 0 Å². The predicted molar refractivity (Wildman–Crippen MR) is 87.9 cm³/mol. The lowest BCUT2D eigenvalue weighted by Crippen LogP contribution is -2.53. The second kappa shape index (κ2) is 6.60. The van der Waals surface area contributed by atoms with E-state index >= 15 is 0 Å². The maximum absolute atomic E-state index is 14.6. The first-order valence-electron chi connectivity index (χ1n) is 8.09. The van der Waals surface area contributed by atoms with Gasteiger partial charge in [0, 0.05) is 43.7 Å². The van der Waals surface area contributed by atoms with E-state index in [9.17, 15) is 13.6 Å². The zero-order chi connectivity index (χ0) is 19.1. The quantitative estimate of drug-likeness (QED) is 0.729. The molecule has 2 aliphatic rings. The third kappa shape index (κ3) is 2.90. The highest BCUT2D eigenvalue weighted by Crippen LogP contribution is 2.39. The van der Waals surface area contributed by atoms with Crippen LogP contribution in [0.2, 0.25) is 0 Å². The lowest BCUT2D eigenvalue weighted by atomic mass is 9.92. The summed E-state index contributed by atoms with van der Waals surface area (Å²) in [6.07, 6.45) is -1.32. The number of carboxylic acid groups (broad SMARTS) is 1. The Bertz CT molecular complexity index is 737. The molecule has 1 amide bonds. The first-order chi connectivity index (χ1) is 12.3. The first kappa shape index (κ1) is 18.2. The number of hydrazone groups is 1. The van der Waals surface area contributed by atoms with Gasteiger partial charge in [0.1, 0.15) is 23.4 Å². The molecular formula is C16H20F2N4O4. The number of nitrogens with zero attached hydrogens (tertiary/aromatic N) is 2. The molecular weight excluding hydrogens is 350 g/mol. The van der Waals surface area contributed by atoms with E-state index < -0.39 is 35.5 Å². The Kier molecular flexibility index (Phi) is 4.61. The van der Waals surface area contributed by atoms with Crippen LogP contribution < -0.4 is 15.5 Å². The first-order valence-corrected chi connectivity index (χ1v) is 8.09. The van der Waals surface area contributed by atoms with Gasteiger partial charge in [-0.1, -0.05) is 0 Å². The molecule has 26 heavy (non-hydrogen) atoms. The maximum Gasteiger partial charge on any atom is 0.405 e. The van der Waals surface area contributed by atoms with Crippen molar-refractivity contribution >= 4 is 11.9 Å². The van der Waals surface area contributed by atoms with E-state index in [0.717, 1.165) is 12.1 Å². The highest BCUT2D eigenvalue weighted by Gasteiger charge is 2.52. The van der Waals surface area contributed by atoms with Gasteiger partial charge in [0.25, 0.3) is 0 Å². The van der Waals surface area contributed by atoms with Gasteiger partial charge in [0.05, 0.1) is 7.11 Å². The molecule has 3 atom stereocenters. The average Bonchev–Trinajstić information content (AvgIpc) is 3.06. The summed E-state index contributed by atoms with van der Waals surface area (Å²) in [4.78, 5) is 12.9. The van der Waals surface area contributed by atoms with E-state index in [0.29, 0.717) is 12.4 Å². The molecule has 10 heteroatoms. The number of amides is 1. The minimum atomic E-state index is -1.32. The second-order valence-electron chi connectivity index (χ2n) is 6.15. The van der Waals surface area contributed by atoms with E-state index in [1.165, 1.54) is 7.11 Å². The van der Waals surface area contributed by atoms with E-state index in [4.69, 9.17) is 14.6 Å². The zero-order valence-corrected chi connectivity index (χ0v) is 14.5. The Morgan fingerprint density at radius 1 is 1.50 bits per heavy atom. The summed E-state index contributed by atoms with van der Waals surface area (Å²) >= 11 is 0. The molecule has 1 aromatic rings. The number of ether oxygens (including phenoxy) is 2. The SMILES string of the molecule is CCOC1(C)NN=C2C(NC(=O)O)C(c3c(F)cc(OC)cc3F)CN21. The van der Waals surface area contributed by atoms with Gasteiger partial charge in [-0.15, -0.1) is 0 Å². The van der Waals surface area contributed by atoms with Crippen LogP contribution in [-0.4, -0.2) is 54.1 Å². The molecule has 2 aliphatic heterocycles. The summed E-state index contributed by atoms with van der Waals surface area (Å²) < 4.78 is 39.7. The van der Waals surface area contributed by atoms with Crippen LogP contribution in [0.1, 0.15) is 25.3 Å². The fraction of sp³-hybridized carbons (Fsp3) is 0.500. The van der Waals surface area contributed by atoms with E-state index in [1.54, 1.807) is 18.7 Å². The van der Waals surface area contributed by atoms with Crippen molar-refractivity contribution in [1.29, 1.82) is 0 Å². The van der Waals surface area contributed by atoms with Crippen molar-refractivity contribution in [2.45, 2.75) is 31.7 Å². The number of methoxy groups -OCH3 is 1. The van der Waals surface area contributed by atoms with Gasteiger partial charge >= 0.3 is 6.09 Å². The lowest BCUT2D eigenvalue weighted by molar-refractivity contribution is -0.120. The van der Waals surface area contributed by atoms with Gasteiger partial charge in [-0.05, 0) is 6.92 Å². The molecule has 3 unspecified atom stereocenters. The van der Waals surface area contributed by atoms with Crippen LogP contribution in [0.15, 0.2) is 17.2 Å². The highest BCUT2D eigenvalue weighted by atomic mass is 19.1. The van der Waals surface area contributed by atoms with E-state index in [-0.39, 0.29) is 17.9 Å². The zero-order valence-electron chi connectivity index (χ0n) is 14.5. The number of benzene rings is 1. The molecule has 2 heterocycles. The number of nitrogens with one attached hydrogen (secondary N) is 2. The highest BCUT2D eigenvalue weighted by molar-refractivity contribution is 5.94. The minimum Gasteiger partial charge on any atom is -0.497 e. The van der Waals surface area contributed by atoms with Gasteiger partial charge < -0.3 is 24.8 Å². The standard InChI is InChI=1S/C16H20F2N4O4/c1-4-26-16(2)21-20-14-13(19-15(23)24)9(7-22(14)16)12-10(17)5-8(25-3)6-11(12)18/h5-6,9,13,19,21H,4,7H2,1-3H3,(H,23,24). The monoisotopic (exact) mass is 370 g/mol. The third-order valence-corrected chi connectivity index (χ3v) is 4.59. The summed E-state index contributed by atoms with van der Waals surface area (Å²) in [6.45, 7) is 4.01. The number of hydrogen-bond donors (Lipinski definition) is 3. The van der Waals surface area contributed by atoms with Crippen LogP contribution in [-0.2, 0) is 4.74 Å². The normalized spacial score (nSPS) is 27.0. The van der Waals surface area contributed by atoms with Crippen molar-refractivity contribution < 1.29 is 28.2 Å². The summed E-state index contributed by atoms with van der Waals surface area (Å²) in [5, 5.41) is 15.6. The molecule has 8 nitrogen and oxygen atoms in total. The number of halogens is 2.